The lowest BCUT2D eigenvalue weighted by molar-refractivity contribution is -0.148. The van der Waals surface area contributed by atoms with E-state index in [-0.39, 0.29) is 0 Å². The van der Waals surface area contributed by atoms with E-state index in [1.54, 1.807) is 0 Å². The van der Waals surface area contributed by atoms with Crippen molar-refractivity contribution in [2.24, 2.45) is 5.41 Å². The molecular formula is C15H30O2. The summed E-state index contributed by atoms with van der Waals surface area (Å²) < 4.78 is 0. The summed E-state index contributed by atoms with van der Waals surface area (Å²) in [6, 6.07) is 0. The minimum Gasteiger partial charge on any atom is -0.481 e. The van der Waals surface area contributed by atoms with Gasteiger partial charge in [0.2, 0.25) is 0 Å². The Hall–Kier alpha value is -0.530. The van der Waals surface area contributed by atoms with E-state index in [2.05, 4.69) is 13.8 Å². The molecule has 1 unspecified atom stereocenters. The van der Waals surface area contributed by atoms with Gasteiger partial charge in [-0.25, -0.2) is 0 Å². The maximum Gasteiger partial charge on any atom is 0.309 e. The van der Waals surface area contributed by atoms with Crippen LogP contribution >= 0.6 is 0 Å². The third-order valence-corrected chi connectivity index (χ3v) is 3.65. The van der Waals surface area contributed by atoms with E-state index in [0.29, 0.717) is 0 Å². The standard InChI is InChI=1S/C15H30O2/c1-4-6-7-8-9-10-11-13-15(3,12-5-2)14(16)17/h4-13H2,1-3H3,(H,16,17). The third-order valence-electron chi connectivity index (χ3n) is 3.65. The zero-order valence-corrected chi connectivity index (χ0v) is 11.9. The Balaban J connectivity index is 3.65. The van der Waals surface area contributed by atoms with E-state index in [4.69, 9.17) is 0 Å². The van der Waals surface area contributed by atoms with E-state index < -0.39 is 11.4 Å². The molecule has 0 amide bonds. The topological polar surface area (TPSA) is 37.3 Å². The van der Waals surface area contributed by atoms with E-state index in [1.165, 1.54) is 38.5 Å². The Morgan fingerprint density at radius 2 is 1.41 bits per heavy atom. The normalized spacial score (nSPS) is 14.5. The van der Waals surface area contributed by atoms with Gasteiger partial charge in [-0.05, 0) is 19.8 Å². The van der Waals surface area contributed by atoms with E-state index >= 15 is 0 Å². The Labute approximate surface area is 107 Å². The van der Waals surface area contributed by atoms with Crippen LogP contribution in [0.1, 0.15) is 85.0 Å². The second-order valence-corrected chi connectivity index (χ2v) is 5.49. The monoisotopic (exact) mass is 242 g/mol. The molecule has 0 aromatic heterocycles. The van der Waals surface area contributed by atoms with Crippen LogP contribution in [-0.4, -0.2) is 11.1 Å². The third kappa shape index (κ3) is 7.40. The summed E-state index contributed by atoms with van der Waals surface area (Å²) in [5, 5.41) is 9.24. The van der Waals surface area contributed by atoms with Crippen molar-refractivity contribution < 1.29 is 9.90 Å². The molecule has 0 aromatic carbocycles. The molecule has 0 rings (SSSR count). The van der Waals surface area contributed by atoms with Crippen LogP contribution in [0, 0.1) is 5.41 Å². The highest BCUT2D eigenvalue weighted by molar-refractivity contribution is 5.73. The van der Waals surface area contributed by atoms with Gasteiger partial charge in [-0.3, -0.25) is 4.79 Å². The number of carboxylic acid groups (broad SMARTS) is 1. The highest BCUT2D eigenvalue weighted by atomic mass is 16.4. The van der Waals surface area contributed by atoms with Crippen LogP contribution in [-0.2, 0) is 4.79 Å². The summed E-state index contributed by atoms with van der Waals surface area (Å²) in [6.45, 7) is 6.19. The first-order valence-electron chi connectivity index (χ1n) is 7.30. The quantitative estimate of drug-likeness (QED) is 0.517. The van der Waals surface area contributed by atoms with Gasteiger partial charge < -0.3 is 5.11 Å². The van der Waals surface area contributed by atoms with Crippen LogP contribution in [0.15, 0.2) is 0 Å². The molecule has 0 aromatic rings. The van der Waals surface area contributed by atoms with Gasteiger partial charge in [0.05, 0.1) is 5.41 Å². The van der Waals surface area contributed by atoms with Crippen molar-refractivity contribution in [1.82, 2.24) is 0 Å². The Morgan fingerprint density at radius 3 is 1.88 bits per heavy atom. The zero-order valence-electron chi connectivity index (χ0n) is 11.9. The van der Waals surface area contributed by atoms with Gasteiger partial charge in [0.1, 0.15) is 0 Å². The molecule has 102 valence electrons. The lowest BCUT2D eigenvalue weighted by Gasteiger charge is -2.24. The first-order valence-corrected chi connectivity index (χ1v) is 7.30. The second kappa shape index (κ2) is 9.49. The first kappa shape index (κ1) is 16.5. The molecule has 0 aliphatic heterocycles. The molecule has 0 radical (unpaired) electrons. The lowest BCUT2D eigenvalue weighted by atomic mass is 9.80. The lowest BCUT2D eigenvalue weighted by Crippen LogP contribution is -2.27. The fourth-order valence-corrected chi connectivity index (χ4v) is 2.36. The number of carbonyl (C=O) groups is 1. The number of rotatable bonds is 11. The molecule has 0 aliphatic rings. The highest BCUT2D eigenvalue weighted by Crippen LogP contribution is 2.30. The molecule has 0 bridgehead atoms. The van der Waals surface area contributed by atoms with Crippen molar-refractivity contribution in [3.8, 4) is 0 Å². The molecule has 17 heavy (non-hydrogen) atoms. The number of unbranched alkanes of at least 4 members (excludes halogenated alkanes) is 6. The van der Waals surface area contributed by atoms with E-state index in [9.17, 15) is 9.90 Å². The molecule has 1 N–H and O–H groups in total. The number of aliphatic carboxylic acids is 1. The molecule has 2 heteroatoms. The minimum absolute atomic E-state index is 0.488. The van der Waals surface area contributed by atoms with Crippen molar-refractivity contribution in [1.29, 1.82) is 0 Å². The molecule has 2 nitrogen and oxygen atoms in total. The van der Waals surface area contributed by atoms with Crippen molar-refractivity contribution in [3.63, 3.8) is 0 Å². The van der Waals surface area contributed by atoms with Gasteiger partial charge in [-0.15, -0.1) is 0 Å². The van der Waals surface area contributed by atoms with Crippen LogP contribution in [0.5, 0.6) is 0 Å². The van der Waals surface area contributed by atoms with Crippen molar-refractivity contribution in [3.05, 3.63) is 0 Å². The smallest absolute Gasteiger partial charge is 0.309 e. The van der Waals surface area contributed by atoms with Crippen molar-refractivity contribution in [2.75, 3.05) is 0 Å². The fraction of sp³-hybridized carbons (Fsp3) is 0.933. The van der Waals surface area contributed by atoms with Crippen LogP contribution < -0.4 is 0 Å². The number of hydrogen-bond acceptors (Lipinski definition) is 1. The molecule has 0 aliphatic carbocycles. The van der Waals surface area contributed by atoms with Crippen molar-refractivity contribution >= 4 is 5.97 Å². The Morgan fingerprint density at radius 1 is 0.882 bits per heavy atom. The molecule has 0 heterocycles. The number of hydrogen-bond donors (Lipinski definition) is 1. The molecule has 0 saturated carbocycles. The fourth-order valence-electron chi connectivity index (χ4n) is 2.36. The summed E-state index contributed by atoms with van der Waals surface area (Å²) >= 11 is 0. The van der Waals surface area contributed by atoms with Crippen LogP contribution in [0.25, 0.3) is 0 Å². The molecule has 0 fully saturated rings. The van der Waals surface area contributed by atoms with Crippen molar-refractivity contribution in [2.45, 2.75) is 85.0 Å². The highest BCUT2D eigenvalue weighted by Gasteiger charge is 2.30. The number of carboxylic acids is 1. The maximum atomic E-state index is 11.2. The average Bonchev–Trinajstić information content (AvgIpc) is 2.28. The summed E-state index contributed by atoms with van der Waals surface area (Å²) in [5.74, 6) is -0.620. The second-order valence-electron chi connectivity index (χ2n) is 5.49. The summed E-state index contributed by atoms with van der Waals surface area (Å²) in [5.41, 5.74) is -0.488. The van der Waals surface area contributed by atoms with Gasteiger partial charge in [-0.1, -0.05) is 65.2 Å². The Bertz CT molecular complexity index is 201. The van der Waals surface area contributed by atoms with Gasteiger partial charge in [0, 0.05) is 0 Å². The molecule has 0 spiro atoms. The van der Waals surface area contributed by atoms with E-state index in [1.807, 2.05) is 6.92 Å². The molecule has 0 saturated heterocycles. The van der Waals surface area contributed by atoms with Crippen LogP contribution in [0.2, 0.25) is 0 Å². The molecular weight excluding hydrogens is 212 g/mol. The molecule has 1 atom stereocenters. The van der Waals surface area contributed by atoms with Gasteiger partial charge in [0.25, 0.3) is 0 Å². The Kier molecular flexibility index (Phi) is 9.20. The van der Waals surface area contributed by atoms with E-state index in [0.717, 1.165) is 25.7 Å². The summed E-state index contributed by atoms with van der Waals surface area (Å²) in [6.07, 6.45) is 11.4. The largest absolute Gasteiger partial charge is 0.481 e. The predicted octanol–water partition coefficient (Wildman–Crippen LogP) is 5.02. The average molecular weight is 242 g/mol. The minimum atomic E-state index is -0.620. The van der Waals surface area contributed by atoms with Crippen LogP contribution in [0.4, 0.5) is 0 Å². The maximum absolute atomic E-state index is 11.2. The van der Waals surface area contributed by atoms with Gasteiger partial charge in [-0.2, -0.15) is 0 Å². The summed E-state index contributed by atoms with van der Waals surface area (Å²) in [7, 11) is 0. The van der Waals surface area contributed by atoms with Gasteiger partial charge >= 0.3 is 5.97 Å². The summed E-state index contributed by atoms with van der Waals surface area (Å²) in [4.78, 5) is 11.2. The zero-order chi connectivity index (χ0) is 13.1. The van der Waals surface area contributed by atoms with Crippen LogP contribution in [0.3, 0.4) is 0 Å². The first-order chi connectivity index (χ1) is 8.06. The SMILES string of the molecule is CCCCCCCCCC(C)(CCC)C(=O)O. The predicted molar refractivity (Wildman–Crippen MR) is 73.3 cm³/mol. The van der Waals surface area contributed by atoms with Gasteiger partial charge in [0.15, 0.2) is 0 Å².